The van der Waals surface area contributed by atoms with Gasteiger partial charge in [0.25, 0.3) is 5.91 Å². The van der Waals surface area contributed by atoms with Crippen molar-refractivity contribution in [3.05, 3.63) is 65.0 Å². The van der Waals surface area contributed by atoms with Crippen molar-refractivity contribution in [3.63, 3.8) is 0 Å². The van der Waals surface area contributed by atoms with Crippen LogP contribution in [0.2, 0.25) is 5.02 Å². The van der Waals surface area contributed by atoms with E-state index in [1.807, 2.05) is 38.1 Å². The minimum absolute atomic E-state index is 0.0483. The number of aromatic nitrogens is 2. The monoisotopic (exact) mass is 385 g/mol. The van der Waals surface area contributed by atoms with Crippen molar-refractivity contribution in [3.8, 4) is 17.1 Å². The summed E-state index contributed by atoms with van der Waals surface area (Å²) in [7, 11) is 1.61. The fourth-order valence-corrected chi connectivity index (χ4v) is 2.79. The number of nitrogens with zero attached hydrogens (tertiary/aromatic N) is 3. The highest BCUT2D eigenvalue weighted by atomic mass is 35.5. The molecular formula is C20H20ClN3O3. The van der Waals surface area contributed by atoms with Gasteiger partial charge in [-0.1, -0.05) is 22.8 Å². The predicted molar refractivity (Wildman–Crippen MR) is 103 cm³/mol. The van der Waals surface area contributed by atoms with Gasteiger partial charge in [0.15, 0.2) is 0 Å². The van der Waals surface area contributed by atoms with Crippen LogP contribution in [-0.4, -0.2) is 34.1 Å². The molecular weight excluding hydrogens is 366 g/mol. The molecule has 0 spiro atoms. The Labute approximate surface area is 162 Å². The van der Waals surface area contributed by atoms with Crippen LogP contribution in [0.15, 0.2) is 53.1 Å². The van der Waals surface area contributed by atoms with Crippen LogP contribution < -0.4 is 4.74 Å². The van der Waals surface area contributed by atoms with Crippen molar-refractivity contribution in [1.82, 2.24) is 15.0 Å². The summed E-state index contributed by atoms with van der Waals surface area (Å²) >= 11 is 6.01. The molecule has 0 radical (unpaired) electrons. The van der Waals surface area contributed by atoms with Gasteiger partial charge in [-0.3, -0.25) is 4.79 Å². The number of hydrogen-bond donors (Lipinski definition) is 0. The molecule has 0 atom stereocenters. The smallest absolute Gasteiger partial charge is 0.254 e. The van der Waals surface area contributed by atoms with Gasteiger partial charge in [0, 0.05) is 22.2 Å². The Morgan fingerprint density at radius 3 is 2.59 bits per heavy atom. The maximum absolute atomic E-state index is 12.9. The van der Waals surface area contributed by atoms with E-state index >= 15 is 0 Å². The molecule has 0 fully saturated rings. The number of rotatable bonds is 6. The summed E-state index contributed by atoms with van der Waals surface area (Å²) in [4.78, 5) is 18.9. The lowest BCUT2D eigenvalue weighted by atomic mass is 10.1. The third-order valence-electron chi connectivity index (χ3n) is 4.08. The van der Waals surface area contributed by atoms with Gasteiger partial charge in [-0.15, -0.1) is 0 Å². The van der Waals surface area contributed by atoms with E-state index < -0.39 is 0 Å². The zero-order valence-electron chi connectivity index (χ0n) is 15.3. The third-order valence-corrected chi connectivity index (χ3v) is 4.31. The zero-order valence-corrected chi connectivity index (χ0v) is 16.1. The quantitative estimate of drug-likeness (QED) is 0.627. The average Bonchev–Trinajstić information content (AvgIpc) is 3.14. The van der Waals surface area contributed by atoms with Crippen LogP contribution in [-0.2, 0) is 6.54 Å². The summed E-state index contributed by atoms with van der Waals surface area (Å²) in [6.45, 7) is 4.08. The molecule has 3 rings (SSSR count). The molecule has 0 aliphatic carbocycles. The SMILES string of the molecule is COc1ccc(-c2noc(CN(C(=O)c3cccc(Cl)c3)C(C)C)n2)cc1. The molecule has 0 aliphatic rings. The van der Waals surface area contributed by atoms with Gasteiger partial charge >= 0.3 is 0 Å². The van der Waals surface area contributed by atoms with E-state index in [-0.39, 0.29) is 18.5 Å². The zero-order chi connectivity index (χ0) is 19.4. The first-order chi connectivity index (χ1) is 13.0. The van der Waals surface area contributed by atoms with E-state index in [9.17, 15) is 4.79 Å². The summed E-state index contributed by atoms with van der Waals surface area (Å²) in [5.41, 5.74) is 1.33. The summed E-state index contributed by atoms with van der Waals surface area (Å²) in [5.74, 6) is 1.44. The first-order valence-electron chi connectivity index (χ1n) is 8.51. The first kappa shape index (κ1) is 18.9. The molecule has 0 aliphatic heterocycles. The topological polar surface area (TPSA) is 68.5 Å². The van der Waals surface area contributed by atoms with E-state index in [4.69, 9.17) is 20.9 Å². The molecule has 0 saturated carbocycles. The normalized spacial score (nSPS) is 10.9. The Bertz CT molecular complexity index is 922. The number of methoxy groups -OCH3 is 1. The highest BCUT2D eigenvalue weighted by Crippen LogP contribution is 2.21. The van der Waals surface area contributed by atoms with Crippen molar-refractivity contribution in [2.45, 2.75) is 26.4 Å². The minimum atomic E-state index is -0.142. The number of ether oxygens (including phenoxy) is 1. The van der Waals surface area contributed by atoms with Crippen molar-refractivity contribution < 1.29 is 14.1 Å². The van der Waals surface area contributed by atoms with Crippen LogP contribution in [0.1, 0.15) is 30.1 Å². The van der Waals surface area contributed by atoms with Crippen molar-refractivity contribution in [1.29, 1.82) is 0 Å². The molecule has 0 unspecified atom stereocenters. The first-order valence-corrected chi connectivity index (χ1v) is 8.89. The Morgan fingerprint density at radius 2 is 1.96 bits per heavy atom. The van der Waals surface area contributed by atoms with Gasteiger partial charge in [-0.25, -0.2) is 0 Å². The lowest BCUT2D eigenvalue weighted by Gasteiger charge is -2.25. The van der Waals surface area contributed by atoms with E-state index in [2.05, 4.69) is 10.1 Å². The Kier molecular flexibility index (Phi) is 5.76. The molecule has 1 aromatic heterocycles. The maximum atomic E-state index is 12.9. The Hall–Kier alpha value is -2.86. The molecule has 0 N–H and O–H groups in total. The largest absolute Gasteiger partial charge is 0.497 e. The van der Waals surface area contributed by atoms with Gasteiger partial charge in [0.1, 0.15) is 12.3 Å². The van der Waals surface area contributed by atoms with Crippen molar-refractivity contribution in [2.75, 3.05) is 7.11 Å². The van der Waals surface area contributed by atoms with Crippen molar-refractivity contribution in [2.24, 2.45) is 0 Å². The number of carbonyl (C=O) groups is 1. The van der Waals surface area contributed by atoms with Gasteiger partial charge in [0.05, 0.1) is 7.11 Å². The van der Waals surface area contributed by atoms with E-state index in [0.717, 1.165) is 11.3 Å². The van der Waals surface area contributed by atoms with E-state index in [1.165, 1.54) is 0 Å². The second kappa shape index (κ2) is 8.22. The average molecular weight is 386 g/mol. The van der Waals surface area contributed by atoms with Crippen LogP contribution in [0.4, 0.5) is 0 Å². The number of halogens is 1. The Balaban J connectivity index is 1.79. The second-order valence-electron chi connectivity index (χ2n) is 6.28. The minimum Gasteiger partial charge on any atom is -0.497 e. The fourth-order valence-electron chi connectivity index (χ4n) is 2.60. The van der Waals surface area contributed by atoms with Crippen LogP contribution in [0.5, 0.6) is 5.75 Å². The van der Waals surface area contributed by atoms with Gasteiger partial charge in [-0.2, -0.15) is 4.98 Å². The summed E-state index contributed by atoms with van der Waals surface area (Å²) in [6.07, 6.45) is 0. The van der Waals surface area contributed by atoms with Crippen LogP contribution >= 0.6 is 11.6 Å². The standard InChI is InChI=1S/C20H20ClN3O3/c1-13(2)24(20(25)15-5-4-6-16(21)11-15)12-18-22-19(23-27-18)14-7-9-17(26-3)10-8-14/h4-11,13H,12H2,1-3H3. The molecule has 1 amide bonds. The molecule has 27 heavy (non-hydrogen) atoms. The summed E-state index contributed by atoms with van der Waals surface area (Å²) in [5, 5.41) is 4.53. The molecule has 0 saturated heterocycles. The fraction of sp³-hybridized carbons (Fsp3) is 0.250. The lowest BCUT2D eigenvalue weighted by Crippen LogP contribution is -2.36. The summed E-state index contributed by atoms with van der Waals surface area (Å²) < 4.78 is 10.5. The molecule has 3 aromatic rings. The van der Waals surface area contributed by atoms with E-state index in [1.54, 1.807) is 36.3 Å². The van der Waals surface area contributed by atoms with Crippen LogP contribution in [0.25, 0.3) is 11.4 Å². The Morgan fingerprint density at radius 1 is 1.22 bits per heavy atom. The molecule has 2 aromatic carbocycles. The van der Waals surface area contributed by atoms with Gasteiger partial charge in [-0.05, 0) is 56.3 Å². The van der Waals surface area contributed by atoms with Gasteiger partial charge < -0.3 is 14.2 Å². The van der Waals surface area contributed by atoms with Crippen LogP contribution in [0.3, 0.4) is 0 Å². The lowest BCUT2D eigenvalue weighted by molar-refractivity contribution is 0.0667. The second-order valence-corrected chi connectivity index (χ2v) is 6.71. The molecule has 6 nitrogen and oxygen atoms in total. The molecule has 140 valence electrons. The highest BCUT2D eigenvalue weighted by molar-refractivity contribution is 6.30. The van der Waals surface area contributed by atoms with Crippen LogP contribution in [0, 0.1) is 0 Å². The molecule has 1 heterocycles. The molecule has 7 heteroatoms. The maximum Gasteiger partial charge on any atom is 0.254 e. The number of benzene rings is 2. The predicted octanol–water partition coefficient (Wildman–Crippen LogP) is 4.45. The van der Waals surface area contributed by atoms with Crippen molar-refractivity contribution >= 4 is 17.5 Å². The highest BCUT2D eigenvalue weighted by Gasteiger charge is 2.22. The van der Waals surface area contributed by atoms with E-state index in [0.29, 0.717) is 22.3 Å². The molecule has 0 bridgehead atoms. The van der Waals surface area contributed by atoms with Gasteiger partial charge in [0.2, 0.25) is 11.7 Å². The summed E-state index contributed by atoms with van der Waals surface area (Å²) in [6, 6.07) is 14.2. The number of hydrogen-bond acceptors (Lipinski definition) is 5. The number of carbonyl (C=O) groups excluding carboxylic acids is 1. The third kappa shape index (κ3) is 4.46. The number of amides is 1.